The van der Waals surface area contributed by atoms with Gasteiger partial charge in [-0.25, -0.2) is 4.39 Å². The molecule has 0 radical (unpaired) electrons. The number of alkyl halides is 1. The van der Waals surface area contributed by atoms with E-state index in [4.69, 9.17) is 14.4 Å². The van der Waals surface area contributed by atoms with E-state index in [9.17, 15) is 4.39 Å². The summed E-state index contributed by atoms with van der Waals surface area (Å²) in [5.74, 6) is 0.587. The van der Waals surface area contributed by atoms with Crippen LogP contribution in [-0.2, 0) is 11.3 Å². The third-order valence-corrected chi connectivity index (χ3v) is 3.73. The first-order chi connectivity index (χ1) is 10.5. The van der Waals surface area contributed by atoms with Crippen molar-refractivity contribution in [2.45, 2.75) is 38.3 Å². The minimum Gasteiger partial charge on any atom is -0.390 e. The molecule has 1 fully saturated rings. The lowest BCUT2D eigenvalue weighted by Gasteiger charge is -2.18. The summed E-state index contributed by atoms with van der Waals surface area (Å²) in [5, 5.41) is 15.9. The second-order valence-electron chi connectivity index (χ2n) is 5.92. The molecular formula is C16H19FN2O3. The van der Waals surface area contributed by atoms with Gasteiger partial charge in [0.25, 0.3) is 0 Å². The van der Waals surface area contributed by atoms with Crippen LogP contribution >= 0.6 is 0 Å². The molecule has 0 aliphatic carbocycles. The van der Waals surface area contributed by atoms with E-state index < -0.39 is 12.4 Å². The topological polar surface area (TPSA) is 67.5 Å². The predicted molar refractivity (Wildman–Crippen MR) is 78.7 cm³/mol. The molecule has 3 rings (SSSR count). The molecule has 0 bridgehead atoms. The molecule has 1 aliphatic heterocycles. The third-order valence-electron chi connectivity index (χ3n) is 3.73. The second kappa shape index (κ2) is 5.79. The molecule has 0 spiro atoms. The smallest absolute Gasteiger partial charge is 0.167 e. The van der Waals surface area contributed by atoms with Gasteiger partial charge in [0.1, 0.15) is 24.2 Å². The lowest BCUT2D eigenvalue weighted by molar-refractivity contribution is -0.0267. The fraction of sp³-hybridized carbons (Fsp3) is 0.438. The first-order valence-corrected chi connectivity index (χ1v) is 7.20. The highest BCUT2D eigenvalue weighted by molar-refractivity contribution is 5.57. The summed E-state index contributed by atoms with van der Waals surface area (Å²) in [5.41, 5.74) is 1.70. The van der Waals surface area contributed by atoms with Crippen molar-refractivity contribution in [2.24, 2.45) is 0 Å². The lowest BCUT2D eigenvalue weighted by atomic mass is 10.0. The van der Waals surface area contributed by atoms with Crippen LogP contribution in [0.5, 0.6) is 0 Å². The third kappa shape index (κ3) is 2.90. The minimum absolute atomic E-state index is 0.156. The summed E-state index contributed by atoms with van der Waals surface area (Å²) in [6, 6.07) is 8.88. The van der Waals surface area contributed by atoms with Gasteiger partial charge in [0.2, 0.25) is 0 Å². The normalized spacial score (nSPS) is 23.8. The van der Waals surface area contributed by atoms with Crippen molar-refractivity contribution in [3.63, 3.8) is 0 Å². The Labute approximate surface area is 128 Å². The summed E-state index contributed by atoms with van der Waals surface area (Å²) < 4.78 is 24.2. The van der Waals surface area contributed by atoms with Gasteiger partial charge in [0, 0.05) is 11.6 Å². The highest BCUT2D eigenvalue weighted by atomic mass is 19.1. The van der Waals surface area contributed by atoms with Gasteiger partial charge in [-0.3, -0.25) is 5.32 Å². The number of halogens is 1. The van der Waals surface area contributed by atoms with Gasteiger partial charge < -0.3 is 14.4 Å². The maximum atomic E-state index is 13.2. The van der Waals surface area contributed by atoms with Gasteiger partial charge in [-0.1, -0.05) is 29.4 Å². The zero-order chi connectivity index (χ0) is 15.7. The van der Waals surface area contributed by atoms with Crippen molar-refractivity contribution in [3.05, 3.63) is 41.6 Å². The number of nitrogens with zero attached hydrogens (tertiary/aromatic N) is 1. The molecule has 1 aromatic carbocycles. The highest BCUT2D eigenvalue weighted by Crippen LogP contribution is 2.34. The molecule has 2 aromatic rings. The minimum atomic E-state index is -0.541. The Hall–Kier alpha value is -1.76. The maximum Gasteiger partial charge on any atom is 0.167 e. The standard InChI is InChI=1S/C16H19FN2O3/c1-16(2)18-13(8-17)15(21-16)11-5-3-10(4-6-11)14-7-12(9-20)19-22-14/h3-7,13,15,18,20H,8-9H2,1-2H3/t13-,15-/m1/s1. The van der Waals surface area contributed by atoms with E-state index in [2.05, 4.69) is 10.5 Å². The summed E-state index contributed by atoms with van der Waals surface area (Å²) in [6.07, 6.45) is -0.322. The summed E-state index contributed by atoms with van der Waals surface area (Å²) in [7, 11) is 0. The van der Waals surface area contributed by atoms with E-state index in [-0.39, 0.29) is 18.8 Å². The quantitative estimate of drug-likeness (QED) is 0.908. The number of hydrogen-bond donors (Lipinski definition) is 2. The van der Waals surface area contributed by atoms with E-state index in [0.29, 0.717) is 11.5 Å². The molecule has 118 valence electrons. The maximum absolute atomic E-state index is 13.2. The van der Waals surface area contributed by atoms with E-state index in [1.165, 1.54) is 0 Å². The highest BCUT2D eigenvalue weighted by Gasteiger charge is 2.40. The predicted octanol–water partition coefficient (Wildman–Crippen LogP) is 2.57. The van der Waals surface area contributed by atoms with Crippen LogP contribution in [0.15, 0.2) is 34.9 Å². The molecule has 0 saturated carbocycles. The first kappa shape index (κ1) is 15.1. The number of aliphatic hydroxyl groups excluding tert-OH is 1. The second-order valence-corrected chi connectivity index (χ2v) is 5.92. The van der Waals surface area contributed by atoms with Gasteiger partial charge in [-0.2, -0.15) is 0 Å². The molecule has 0 amide bonds. The average molecular weight is 306 g/mol. The molecule has 1 saturated heterocycles. The number of hydrogen-bond acceptors (Lipinski definition) is 5. The molecule has 0 unspecified atom stereocenters. The van der Waals surface area contributed by atoms with Crippen LogP contribution in [0, 0.1) is 0 Å². The Morgan fingerprint density at radius 1 is 1.32 bits per heavy atom. The number of aromatic nitrogens is 1. The zero-order valence-electron chi connectivity index (χ0n) is 12.5. The first-order valence-electron chi connectivity index (χ1n) is 7.20. The van der Waals surface area contributed by atoms with E-state index in [0.717, 1.165) is 11.1 Å². The number of rotatable bonds is 4. The fourth-order valence-corrected chi connectivity index (χ4v) is 2.74. The monoisotopic (exact) mass is 306 g/mol. The Kier molecular flexibility index (Phi) is 3.99. The molecule has 6 heteroatoms. The number of benzene rings is 1. The molecule has 1 aromatic heterocycles. The number of aliphatic hydroxyl groups is 1. The molecule has 22 heavy (non-hydrogen) atoms. The van der Waals surface area contributed by atoms with Crippen LogP contribution in [0.25, 0.3) is 11.3 Å². The van der Waals surface area contributed by atoms with E-state index in [1.807, 2.05) is 38.1 Å². The summed E-state index contributed by atoms with van der Waals surface area (Å²) in [4.78, 5) is 0. The molecular weight excluding hydrogens is 287 g/mol. The van der Waals surface area contributed by atoms with Crippen LogP contribution in [-0.4, -0.2) is 28.7 Å². The van der Waals surface area contributed by atoms with E-state index >= 15 is 0 Å². The Morgan fingerprint density at radius 2 is 2.05 bits per heavy atom. The van der Waals surface area contributed by atoms with Crippen LogP contribution in [0.2, 0.25) is 0 Å². The van der Waals surface area contributed by atoms with Crippen molar-refractivity contribution < 1.29 is 18.8 Å². The zero-order valence-corrected chi connectivity index (χ0v) is 12.5. The van der Waals surface area contributed by atoms with Gasteiger partial charge in [-0.15, -0.1) is 0 Å². The van der Waals surface area contributed by atoms with Gasteiger partial charge >= 0.3 is 0 Å². The fourth-order valence-electron chi connectivity index (χ4n) is 2.74. The summed E-state index contributed by atoms with van der Waals surface area (Å²) >= 11 is 0. The van der Waals surface area contributed by atoms with E-state index in [1.54, 1.807) is 6.07 Å². The van der Waals surface area contributed by atoms with Gasteiger partial charge in [0.15, 0.2) is 5.76 Å². The van der Waals surface area contributed by atoms with Gasteiger partial charge in [-0.05, 0) is 19.4 Å². The van der Waals surface area contributed by atoms with Crippen LogP contribution in [0.1, 0.15) is 31.2 Å². The number of ether oxygens (including phenoxy) is 1. The van der Waals surface area contributed by atoms with Crippen LogP contribution < -0.4 is 5.32 Å². The average Bonchev–Trinajstić information content (AvgIpc) is 3.11. The largest absolute Gasteiger partial charge is 0.390 e. The van der Waals surface area contributed by atoms with Gasteiger partial charge in [0.05, 0.1) is 12.6 Å². The Bertz CT molecular complexity index is 639. The van der Waals surface area contributed by atoms with Crippen molar-refractivity contribution in [2.75, 3.05) is 6.67 Å². The SMILES string of the molecule is CC1(C)N[C@H](CF)[C@@H](c2ccc(-c3cc(CO)no3)cc2)O1. The van der Waals surface area contributed by atoms with Crippen LogP contribution in [0.3, 0.4) is 0 Å². The van der Waals surface area contributed by atoms with Crippen molar-refractivity contribution in [1.82, 2.24) is 10.5 Å². The summed E-state index contributed by atoms with van der Waals surface area (Å²) in [6.45, 7) is 3.12. The number of nitrogens with one attached hydrogen (secondary N) is 1. The Balaban J connectivity index is 1.82. The Morgan fingerprint density at radius 3 is 2.64 bits per heavy atom. The molecule has 5 nitrogen and oxygen atoms in total. The van der Waals surface area contributed by atoms with Crippen molar-refractivity contribution in [1.29, 1.82) is 0 Å². The molecule has 2 N–H and O–H groups in total. The van der Waals surface area contributed by atoms with Crippen molar-refractivity contribution in [3.8, 4) is 11.3 Å². The molecule has 1 aliphatic rings. The molecule has 2 atom stereocenters. The van der Waals surface area contributed by atoms with Crippen LogP contribution in [0.4, 0.5) is 4.39 Å². The molecule has 2 heterocycles. The lowest BCUT2D eigenvalue weighted by Crippen LogP contribution is -2.39. The van der Waals surface area contributed by atoms with Crippen molar-refractivity contribution >= 4 is 0 Å².